The molecular formula is C23H21N7O2S. The van der Waals surface area contributed by atoms with Crippen LogP contribution in [0.1, 0.15) is 0 Å². The molecule has 0 aliphatic carbocycles. The summed E-state index contributed by atoms with van der Waals surface area (Å²) in [7, 11) is 1.60. The van der Waals surface area contributed by atoms with Gasteiger partial charge in [0.25, 0.3) is 0 Å². The lowest BCUT2D eigenvalue weighted by molar-refractivity contribution is -0.113. The molecule has 0 saturated heterocycles. The van der Waals surface area contributed by atoms with E-state index in [2.05, 4.69) is 25.7 Å². The molecule has 0 saturated carbocycles. The second-order valence-electron chi connectivity index (χ2n) is 6.82. The maximum Gasteiger partial charge on any atom is 0.234 e. The van der Waals surface area contributed by atoms with Gasteiger partial charge in [-0.1, -0.05) is 30.0 Å². The van der Waals surface area contributed by atoms with E-state index in [-0.39, 0.29) is 11.7 Å². The molecule has 0 atom stereocenters. The van der Waals surface area contributed by atoms with E-state index in [4.69, 9.17) is 10.6 Å². The Bertz CT molecular complexity index is 1240. The fourth-order valence-electron chi connectivity index (χ4n) is 2.86. The van der Waals surface area contributed by atoms with Crippen LogP contribution < -0.4 is 15.9 Å². The lowest BCUT2D eigenvalue weighted by Crippen LogP contribution is -2.16. The fraction of sp³-hybridized carbons (Fsp3) is 0.0870. The number of nitrogens with zero attached hydrogens (tertiary/aromatic N) is 5. The molecule has 0 radical (unpaired) electrons. The lowest BCUT2D eigenvalue weighted by Gasteiger charge is -2.06. The van der Waals surface area contributed by atoms with Gasteiger partial charge in [-0.3, -0.25) is 4.79 Å². The fourth-order valence-corrected chi connectivity index (χ4v) is 3.52. The van der Waals surface area contributed by atoms with Crippen LogP contribution in [0.2, 0.25) is 0 Å². The summed E-state index contributed by atoms with van der Waals surface area (Å²) in [5, 5.41) is 19.9. The number of carbonyl (C=O) groups excluding carboxylic acids is 1. The van der Waals surface area contributed by atoms with Crippen molar-refractivity contribution in [2.24, 2.45) is 10.2 Å². The number of thioether (sulfide) groups is 1. The van der Waals surface area contributed by atoms with Gasteiger partial charge in [0, 0.05) is 11.3 Å². The van der Waals surface area contributed by atoms with Crippen LogP contribution in [0.15, 0.2) is 94.2 Å². The third-order valence-corrected chi connectivity index (χ3v) is 5.48. The quantitative estimate of drug-likeness (QED) is 0.222. The number of hydrogen-bond donors (Lipinski definition) is 2. The van der Waals surface area contributed by atoms with E-state index in [9.17, 15) is 4.79 Å². The molecule has 0 unspecified atom stereocenters. The van der Waals surface area contributed by atoms with Crippen molar-refractivity contribution < 1.29 is 9.53 Å². The molecule has 0 aliphatic rings. The van der Waals surface area contributed by atoms with Crippen molar-refractivity contribution in [3.63, 3.8) is 0 Å². The van der Waals surface area contributed by atoms with Crippen LogP contribution >= 0.6 is 11.8 Å². The Morgan fingerprint density at radius 3 is 2.30 bits per heavy atom. The van der Waals surface area contributed by atoms with Crippen molar-refractivity contribution in [1.29, 1.82) is 0 Å². The SMILES string of the molecule is COc1ccc(-c2nnc(SCC(=O)Nc3ccc(N=Nc4ccccc4)cc3)n2N)cc1. The van der Waals surface area contributed by atoms with Crippen molar-refractivity contribution >= 4 is 34.7 Å². The number of aromatic nitrogens is 3. The first-order valence-electron chi connectivity index (χ1n) is 9.97. The number of carbonyl (C=O) groups is 1. The van der Waals surface area contributed by atoms with E-state index in [1.165, 1.54) is 16.4 Å². The average Bonchev–Trinajstić information content (AvgIpc) is 3.23. The summed E-state index contributed by atoms with van der Waals surface area (Å²) < 4.78 is 6.53. The Morgan fingerprint density at radius 1 is 0.970 bits per heavy atom. The molecule has 3 aromatic carbocycles. The number of anilines is 1. The van der Waals surface area contributed by atoms with E-state index in [1.807, 2.05) is 54.6 Å². The number of nitrogen functional groups attached to an aromatic ring is 1. The summed E-state index contributed by atoms with van der Waals surface area (Å²) in [6.45, 7) is 0. The zero-order chi connectivity index (χ0) is 23.0. The number of ether oxygens (including phenoxy) is 1. The third-order valence-electron chi connectivity index (χ3n) is 4.53. The molecule has 0 aliphatic heterocycles. The molecule has 166 valence electrons. The largest absolute Gasteiger partial charge is 0.497 e. The third kappa shape index (κ3) is 5.74. The molecule has 3 N–H and O–H groups in total. The van der Waals surface area contributed by atoms with Gasteiger partial charge in [-0.15, -0.1) is 10.2 Å². The minimum atomic E-state index is -0.187. The zero-order valence-corrected chi connectivity index (χ0v) is 18.6. The predicted octanol–water partition coefficient (Wildman–Crippen LogP) is 4.81. The van der Waals surface area contributed by atoms with Gasteiger partial charge in [0.2, 0.25) is 11.1 Å². The molecule has 1 amide bonds. The molecule has 10 heteroatoms. The molecule has 33 heavy (non-hydrogen) atoms. The van der Waals surface area contributed by atoms with Crippen LogP contribution in [0.3, 0.4) is 0 Å². The highest BCUT2D eigenvalue weighted by Crippen LogP contribution is 2.24. The lowest BCUT2D eigenvalue weighted by atomic mass is 10.2. The molecule has 0 spiro atoms. The van der Waals surface area contributed by atoms with E-state index >= 15 is 0 Å². The first kappa shape index (κ1) is 22.0. The Kier molecular flexibility index (Phi) is 6.96. The zero-order valence-electron chi connectivity index (χ0n) is 17.8. The second kappa shape index (κ2) is 10.4. The maximum atomic E-state index is 12.4. The summed E-state index contributed by atoms with van der Waals surface area (Å²) in [4.78, 5) is 12.4. The number of benzene rings is 3. The summed E-state index contributed by atoms with van der Waals surface area (Å²) >= 11 is 1.20. The van der Waals surface area contributed by atoms with Gasteiger partial charge in [-0.2, -0.15) is 10.2 Å². The molecule has 1 heterocycles. The van der Waals surface area contributed by atoms with Gasteiger partial charge < -0.3 is 15.9 Å². The average molecular weight is 460 g/mol. The molecule has 4 aromatic rings. The predicted molar refractivity (Wildman–Crippen MR) is 129 cm³/mol. The van der Waals surface area contributed by atoms with Crippen LogP contribution in [0, 0.1) is 0 Å². The number of nitrogens with two attached hydrogens (primary N) is 1. The molecule has 9 nitrogen and oxygen atoms in total. The van der Waals surface area contributed by atoms with Gasteiger partial charge in [0.15, 0.2) is 5.82 Å². The van der Waals surface area contributed by atoms with Gasteiger partial charge in [0.05, 0.1) is 24.2 Å². The Morgan fingerprint density at radius 2 is 1.64 bits per heavy atom. The molecule has 0 fully saturated rings. The highest BCUT2D eigenvalue weighted by Gasteiger charge is 2.14. The van der Waals surface area contributed by atoms with E-state index in [0.717, 1.165) is 17.0 Å². The topological polar surface area (TPSA) is 120 Å². The first-order valence-corrected chi connectivity index (χ1v) is 11.0. The monoisotopic (exact) mass is 459 g/mol. The number of rotatable bonds is 8. The van der Waals surface area contributed by atoms with Crippen molar-refractivity contribution in [2.75, 3.05) is 24.0 Å². The van der Waals surface area contributed by atoms with Crippen molar-refractivity contribution in [3.8, 4) is 17.1 Å². The van der Waals surface area contributed by atoms with Gasteiger partial charge in [0.1, 0.15) is 5.75 Å². The first-order chi connectivity index (χ1) is 16.1. The van der Waals surface area contributed by atoms with E-state index < -0.39 is 0 Å². The molecule has 0 bridgehead atoms. The summed E-state index contributed by atoms with van der Waals surface area (Å²) in [5.74, 6) is 7.30. The Balaban J connectivity index is 1.31. The minimum Gasteiger partial charge on any atom is -0.497 e. The standard InChI is InChI=1S/C23H21N7O2S/c1-32-20-13-7-16(8-14-20)22-28-29-23(30(22)24)33-15-21(31)25-17-9-11-19(12-10-17)27-26-18-5-3-2-4-6-18/h2-14H,15,24H2,1H3,(H,25,31). The van der Waals surface area contributed by atoms with E-state index in [0.29, 0.717) is 22.4 Å². The summed E-state index contributed by atoms with van der Waals surface area (Å²) in [5.41, 5.74) is 2.92. The second-order valence-corrected chi connectivity index (χ2v) is 7.77. The summed E-state index contributed by atoms with van der Waals surface area (Å²) in [6.07, 6.45) is 0. The van der Waals surface area contributed by atoms with Crippen molar-refractivity contribution in [3.05, 3.63) is 78.9 Å². The smallest absolute Gasteiger partial charge is 0.234 e. The maximum absolute atomic E-state index is 12.4. The normalized spacial score (nSPS) is 10.9. The molecule has 1 aromatic heterocycles. The van der Waals surface area contributed by atoms with Crippen molar-refractivity contribution in [2.45, 2.75) is 5.16 Å². The number of amides is 1. The van der Waals surface area contributed by atoms with Crippen LogP contribution in [-0.2, 0) is 4.79 Å². The molecular weight excluding hydrogens is 438 g/mol. The number of hydrogen-bond acceptors (Lipinski definition) is 8. The minimum absolute atomic E-state index is 0.132. The van der Waals surface area contributed by atoms with Gasteiger partial charge >= 0.3 is 0 Å². The highest BCUT2D eigenvalue weighted by molar-refractivity contribution is 7.99. The molecule has 4 rings (SSSR count). The Hall–Kier alpha value is -4.18. The van der Waals surface area contributed by atoms with Crippen LogP contribution in [0.4, 0.5) is 17.1 Å². The van der Waals surface area contributed by atoms with E-state index in [1.54, 1.807) is 31.4 Å². The highest BCUT2D eigenvalue weighted by atomic mass is 32.2. The Labute approximate surface area is 194 Å². The van der Waals surface area contributed by atoms with Crippen LogP contribution in [0.25, 0.3) is 11.4 Å². The summed E-state index contributed by atoms with van der Waals surface area (Å²) in [6, 6.07) is 23.9. The number of nitrogens with one attached hydrogen (secondary N) is 1. The number of azo groups is 1. The van der Waals surface area contributed by atoms with Gasteiger partial charge in [-0.25, -0.2) is 4.68 Å². The van der Waals surface area contributed by atoms with Crippen LogP contribution in [0.5, 0.6) is 5.75 Å². The van der Waals surface area contributed by atoms with Gasteiger partial charge in [-0.05, 0) is 60.7 Å². The number of methoxy groups -OCH3 is 1. The van der Waals surface area contributed by atoms with Crippen LogP contribution in [-0.4, -0.2) is 33.6 Å². The van der Waals surface area contributed by atoms with Crippen molar-refractivity contribution in [1.82, 2.24) is 14.9 Å².